The Hall–Kier alpha value is -2.89. The number of hydrogen-bond acceptors (Lipinski definition) is 3. The fourth-order valence-electron chi connectivity index (χ4n) is 2.82. The van der Waals surface area contributed by atoms with Crippen LogP contribution in [0.15, 0.2) is 42.5 Å². The zero-order valence-corrected chi connectivity index (χ0v) is 15.5. The quantitative estimate of drug-likeness (QED) is 0.708. The lowest BCUT2D eigenvalue weighted by Crippen LogP contribution is -2.34. The summed E-state index contributed by atoms with van der Waals surface area (Å²) < 4.78 is 18.5. The molecular weight excluding hydrogens is 349 g/mol. The fraction of sp³-hybridized carbons (Fsp3) is 0.333. The highest BCUT2D eigenvalue weighted by Crippen LogP contribution is 2.18. The molecule has 0 aliphatic heterocycles. The Bertz CT molecular complexity index is 807. The number of rotatable bonds is 9. The lowest BCUT2D eigenvalue weighted by atomic mass is 9.98. The minimum Gasteiger partial charge on any atom is -0.494 e. The van der Waals surface area contributed by atoms with Crippen LogP contribution in [-0.4, -0.2) is 30.6 Å². The largest absolute Gasteiger partial charge is 0.494 e. The summed E-state index contributed by atoms with van der Waals surface area (Å²) in [6.45, 7) is 2.00. The number of carboxylic acid groups (broad SMARTS) is 1. The molecule has 144 valence electrons. The van der Waals surface area contributed by atoms with Crippen LogP contribution in [0.5, 0.6) is 5.75 Å². The van der Waals surface area contributed by atoms with Gasteiger partial charge in [0.2, 0.25) is 5.91 Å². The maximum absolute atomic E-state index is 13.7. The molecule has 1 atom stereocenters. The number of carboxylic acids is 1. The maximum Gasteiger partial charge on any atom is 0.308 e. The molecule has 0 saturated heterocycles. The van der Waals surface area contributed by atoms with E-state index >= 15 is 0 Å². The molecule has 0 aliphatic rings. The molecule has 2 rings (SSSR count). The highest BCUT2D eigenvalue weighted by molar-refractivity contribution is 5.77. The Balaban J connectivity index is 1.85. The maximum atomic E-state index is 13.7. The van der Waals surface area contributed by atoms with Crippen LogP contribution < -0.4 is 10.1 Å². The number of carbonyl (C=O) groups is 2. The number of aryl methyl sites for hydroxylation is 2. The standard InChI is InChI=1S/C21H24FNO4/c1-14-4-3-5-16(10-14)11-17(21(25)26)13-23-20(24)9-7-15-6-8-19(27-2)18(22)12-15/h3-6,8,10,12,17H,7,9,11,13H2,1-2H3,(H,23,24)(H,25,26). The van der Waals surface area contributed by atoms with E-state index in [2.05, 4.69) is 5.32 Å². The van der Waals surface area contributed by atoms with Gasteiger partial charge in [0.05, 0.1) is 13.0 Å². The van der Waals surface area contributed by atoms with Gasteiger partial charge >= 0.3 is 5.97 Å². The number of halogens is 1. The Kier molecular flexibility index (Phi) is 7.34. The summed E-state index contributed by atoms with van der Waals surface area (Å²) in [5, 5.41) is 12.1. The first kappa shape index (κ1) is 20.4. The molecular formula is C21H24FNO4. The molecule has 2 N–H and O–H groups in total. The predicted molar refractivity (Wildman–Crippen MR) is 100 cm³/mol. The number of ether oxygens (including phenoxy) is 1. The van der Waals surface area contributed by atoms with Crippen molar-refractivity contribution in [3.8, 4) is 5.75 Å². The van der Waals surface area contributed by atoms with Gasteiger partial charge in [-0.25, -0.2) is 4.39 Å². The number of carbonyl (C=O) groups excluding carboxylic acids is 1. The molecule has 0 heterocycles. The van der Waals surface area contributed by atoms with Gasteiger partial charge in [-0.15, -0.1) is 0 Å². The van der Waals surface area contributed by atoms with Gasteiger partial charge in [-0.2, -0.15) is 0 Å². The summed E-state index contributed by atoms with van der Waals surface area (Å²) in [5.41, 5.74) is 2.66. The molecule has 1 amide bonds. The van der Waals surface area contributed by atoms with Crippen molar-refractivity contribution in [2.45, 2.75) is 26.2 Å². The number of amides is 1. The predicted octanol–water partition coefficient (Wildman–Crippen LogP) is 3.14. The van der Waals surface area contributed by atoms with Crippen molar-refractivity contribution >= 4 is 11.9 Å². The minimum absolute atomic E-state index is 0.0546. The summed E-state index contributed by atoms with van der Waals surface area (Å²) in [7, 11) is 1.39. The summed E-state index contributed by atoms with van der Waals surface area (Å²) >= 11 is 0. The van der Waals surface area contributed by atoms with Crippen molar-refractivity contribution in [1.82, 2.24) is 5.32 Å². The average Bonchev–Trinajstić information content (AvgIpc) is 2.63. The SMILES string of the molecule is COc1ccc(CCC(=O)NCC(Cc2cccc(C)c2)C(=O)O)cc1F. The van der Waals surface area contributed by atoms with Crippen LogP contribution in [0.3, 0.4) is 0 Å². The summed E-state index contributed by atoms with van der Waals surface area (Å²) in [6, 6.07) is 12.2. The first-order valence-corrected chi connectivity index (χ1v) is 8.76. The molecule has 5 nitrogen and oxygen atoms in total. The third-order valence-electron chi connectivity index (χ3n) is 4.32. The van der Waals surface area contributed by atoms with E-state index in [-0.39, 0.29) is 24.6 Å². The van der Waals surface area contributed by atoms with E-state index in [0.29, 0.717) is 18.4 Å². The van der Waals surface area contributed by atoms with E-state index in [4.69, 9.17) is 4.74 Å². The van der Waals surface area contributed by atoms with Crippen LogP contribution in [0.1, 0.15) is 23.1 Å². The number of hydrogen-bond donors (Lipinski definition) is 2. The van der Waals surface area contributed by atoms with Crippen LogP contribution in [0.2, 0.25) is 0 Å². The van der Waals surface area contributed by atoms with Crippen LogP contribution in [0.4, 0.5) is 4.39 Å². The molecule has 0 aliphatic carbocycles. The van der Waals surface area contributed by atoms with Gasteiger partial charge in [-0.1, -0.05) is 35.9 Å². The zero-order valence-electron chi connectivity index (χ0n) is 15.5. The highest BCUT2D eigenvalue weighted by Gasteiger charge is 2.19. The molecule has 2 aromatic carbocycles. The van der Waals surface area contributed by atoms with E-state index in [1.165, 1.54) is 19.2 Å². The topological polar surface area (TPSA) is 75.6 Å². The smallest absolute Gasteiger partial charge is 0.308 e. The molecule has 0 radical (unpaired) electrons. The van der Waals surface area contributed by atoms with E-state index in [9.17, 15) is 19.1 Å². The van der Waals surface area contributed by atoms with E-state index in [0.717, 1.165) is 11.1 Å². The van der Waals surface area contributed by atoms with Gasteiger partial charge in [-0.3, -0.25) is 9.59 Å². The van der Waals surface area contributed by atoms with Crippen molar-refractivity contribution in [2.75, 3.05) is 13.7 Å². The molecule has 0 bridgehead atoms. The fourth-order valence-corrected chi connectivity index (χ4v) is 2.82. The van der Waals surface area contributed by atoms with Crippen LogP contribution in [0.25, 0.3) is 0 Å². The molecule has 0 saturated carbocycles. The minimum atomic E-state index is -0.950. The Labute approximate surface area is 158 Å². The van der Waals surface area contributed by atoms with Crippen molar-refractivity contribution < 1.29 is 23.8 Å². The summed E-state index contributed by atoms with van der Waals surface area (Å²) in [6.07, 6.45) is 0.867. The third kappa shape index (κ3) is 6.40. The first-order valence-electron chi connectivity index (χ1n) is 8.76. The number of nitrogens with one attached hydrogen (secondary N) is 1. The van der Waals surface area contributed by atoms with Crippen molar-refractivity contribution in [2.24, 2.45) is 5.92 Å². The zero-order chi connectivity index (χ0) is 19.8. The molecule has 0 fully saturated rings. The van der Waals surface area contributed by atoms with Crippen LogP contribution >= 0.6 is 0 Å². The first-order chi connectivity index (χ1) is 12.9. The Morgan fingerprint density at radius 1 is 1.19 bits per heavy atom. The van der Waals surface area contributed by atoms with E-state index in [1.54, 1.807) is 6.07 Å². The number of benzene rings is 2. The average molecular weight is 373 g/mol. The third-order valence-corrected chi connectivity index (χ3v) is 4.32. The monoisotopic (exact) mass is 373 g/mol. The summed E-state index contributed by atoms with van der Waals surface area (Å²) in [5.74, 6) is -2.23. The highest BCUT2D eigenvalue weighted by atomic mass is 19.1. The molecule has 0 spiro atoms. The van der Waals surface area contributed by atoms with Crippen LogP contribution in [0, 0.1) is 18.7 Å². The van der Waals surface area contributed by atoms with Crippen molar-refractivity contribution in [1.29, 1.82) is 0 Å². The van der Waals surface area contributed by atoms with Gasteiger partial charge in [-0.05, 0) is 43.0 Å². The van der Waals surface area contributed by atoms with E-state index < -0.39 is 17.7 Å². The molecule has 6 heteroatoms. The number of aliphatic carboxylic acids is 1. The normalized spacial score (nSPS) is 11.7. The summed E-state index contributed by atoms with van der Waals surface area (Å²) in [4.78, 5) is 23.5. The number of methoxy groups -OCH3 is 1. The molecule has 27 heavy (non-hydrogen) atoms. The molecule has 0 aromatic heterocycles. The van der Waals surface area contributed by atoms with Gasteiger partial charge in [0.15, 0.2) is 11.6 Å². The van der Waals surface area contributed by atoms with E-state index in [1.807, 2.05) is 31.2 Å². The van der Waals surface area contributed by atoms with Gasteiger partial charge in [0.25, 0.3) is 0 Å². The second-order valence-corrected chi connectivity index (χ2v) is 6.50. The lowest BCUT2D eigenvalue weighted by Gasteiger charge is -2.14. The van der Waals surface area contributed by atoms with Crippen molar-refractivity contribution in [3.63, 3.8) is 0 Å². The Morgan fingerprint density at radius 3 is 2.59 bits per heavy atom. The molecule has 1 unspecified atom stereocenters. The van der Waals surface area contributed by atoms with Crippen LogP contribution in [-0.2, 0) is 22.4 Å². The van der Waals surface area contributed by atoms with Gasteiger partial charge in [0.1, 0.15) is 0 Å². The second kappa shape index (κ2) is 9.71. The van der Waals surface area contributed by atoms with Gasteiger partial charge < -0.3 is 15.2 Å². The Morgan fingerprint density at radius 2 is 1.96 bits per heavy atom. The molecule has 2 aromatic rings. The van der Waals surface area contributed by atoms with Crippen molar-refractivity contribution in [3.05, 3.63) is 65.0 Å². The second-order valence-electron chi connectivity index (χ2n) is 6.50. The lowest BCUT2D eigenvalue weighted by molar-refractivity contribution is -0.141. The van der Waals surface area contributed by atoms with Gasteiger partial charge in [0, 0.05) is 13.0 Å².